The van der Waals surface area contributed by atoms with E-state index in [0.29, 0.717) is 23.3 Å². The van der Waals surface area contributed by atoms with Crippen molar-refractivity contribution in [2.75, 3.05) is 7.11 Å². The Bertz CT molecular complexity index is 578. The smallest absolute Gasteiger partial charge is 0.170 e. The summed E-state index contributed by atoms with van der Waals surface area (Å²) in [5.74, 6) is -0.732. The van der Waals surface area contributed by atoms with Crippen molar-refractivity contribution in [2.45, 2.75) is 33.0 Å². The average molecular weight is 269 g/mol. The number of hydrogen-bond acceptors (Lipinski definition) is 3. The average Bonchev–Trinajstić information content (AvgIpc) is 2.66. The van der Waals surface area contributed by atoms with Gasteiger partial charge >= 0.3 is 0 Å². The van der Waals surface area contributed by atoms with E-state index in [1.165, 1.54) is 13.2 Å². The van der Waals surface area contributed by atoms with Gasteiger partial charge in [-0.25, -0.2) is 8.78 Å². The van der Waals surface area contributed by atoms with Crippen molar-refractivity contribution in [1.29, 1.82) is 0 Å². The van der Waals surface area contributed by atoms with Gasteiger partial charge in [0.1, 0.15) is 11.6 Å². The number of furan rings is 1. The molecule has 0 fully saturated rings. The molecular weight excluding hydrogens is 252 g/mol. The molecule has 0 saturated heterocycles. The lowest BCUT2D eigenvalue weighted by atomic mass is 10.1. The number of methoxy groups -OCH3 is 1. The fraction of sp³-hybridized carbons (Fsp3) is 0.429. The highest BCUT2D eigenvalue weighted by molar-refractivity contribution is 5.82. The van der Waals surface area contributed by atoms with Gasteiger partial charge in [-0.15, -0.1) is 0 Å². The highest BCUT2D eigenvalue weighted by Gasteiger charge is 2.18. The maximum Gasteiger partial charge on any atom is 0.170 e. The molecule has 0 bridgehead atoms. The lowest BCUT2D eigenvalue weighted by Crippen LogP contribution is -2.22. The quantitative estimate of drug-likeness (QED) is 0.903. The molecule has 0 spiro atoms. The number of hydrogen-bond donors (Lipinski definition) is 1. The molecule has 104 valence electrons. The number of fused-ring (bicyclic) bond motifs is 1. The van der Waals surface area contributed by atoms with Crippen molar-refractivity contribution in [2.24, 2.45) is 0 Å². The van der Waals surface area contributed by atoms with Gasteiger partial charge in [-0.3, -0.25) is 0 Å². The van der Waals surface area contributed by atoms with Crippen molar-refractivity contribution in [3.8, 4) is 0 Å². The molecule has 1 N–H and O–H groups in total. The first kappa shape index (κ1) is 14.0. The van der Waals surface area contributed by atoms with Crippen LogP contribution in [0.2, 0.25) is 0 Å². The van der Waals surface area contributed by atoms with E-state index in [1.54, 1.807) is 0 Å². The molecule has 19 heavy (non-hydrogen) atoms. The van der Waals surface area contributed by atoms with Crippen LogP contribution >= 0.6 is 0 Å². The Morgan fingerprint density at radius 2 is 2.05 bits per heavy atom. The summed E-state index contributed by atoms with van der Waals surface area (Å²) < 4.78 is 37.6. The van der Waals surface area contributed by atoms with Crippen LogP contribution in [0.25, 0.3) is 11.0 Å². The van der Waals surface area contributed by atoms with Crippen molar-refractivity contribution >= 4 is 11.0 Å². The van der Waals surface area contributed by atoms with Crippen molar-refractivity contribution < 1.29 is 17.9 Å². The largest absolute Gasteiger partial charge is 0.456 e. The van der Waals surface area contributed by atoms with Gasteiger partial charge in [0.2, 0.25) is 0 Å². The summed E-state index contributed by atoms with van der Waals surface area (Å²) in [5.41, 5.74) is 0.762. The Hall–Kier alpha value is -1.46. The van der Waals surface area contributed by atoms with E-state index < -0.39 is 11.6 Å². The second-order valence-corrected chi connectivity index (χ2v) is 4.74. The van der Waals surface area contributed by atoms with E-state index in [2.05, 4.69) is 5.32 Å². The Kier molecular flexibility index (Phi) is 4.17. The number of rotatable bonds is 5. The molecule has 1 heterocycles. The van der Waals surface area contributed by atoms with Gasteiger partial charge in [0.15, 0.2) is 11.4 Å². The fourth-order valence-electron chi connectivity index (χ4n) is 1.97. The SMILES string of the molecule is COCc1c(CNC(C)C)oc2c(F)cc(F)cc12. The number of benzene rings is 1. The standard InChI is InChI=1S/C14H17F2NO2/c1-8(2)17-6-13-11(7-18-3)10-4-9(15)5-12(16)14(10)19-13/h4-5,8,17H,6-7H2,1-3H3. The van der Waals surface area contributed by atoms with E-state index >= 15 is 0 Å². The lowest BCUT2D eigenvalue weighted by molar-refractivity contribution is 0.183. The number of halogens is 2. The summed E-state index contributed by atoms with van der Waals surface area (Å²) in [5, 5.41) is 3.62. The third kappa shape index (κ3) is 2.93. The second-order valence-electron chi connectivity index (χ2n) is 4.74. The highest BCUT2D eigenvalue weighted by Crippen LogP contribution is 2.29. The van der Waals surface area contributed by atoms with E-state index in [9.17, 15) is 8.78 Å². The van der Waals surface area contributed by atoms with Crippen LogP contribution in [0.5, 0.6) is 0 Å². The molecule has 2 aromatic rings. The maximum absolute atomic E-state index is 13.7. The van der Waals surface area contributed by atoms with Gasteiger partial charge in [-0.1, -0.05) is 13.8 Å². The fourth-order valence-corrected chi connectivity index (χ4v) is 1.97. The second kappa shape index (κ2) is 5.67. The van der Waals surface area contributed by atoms with Crippen LogP contribution in [0.1, 0.15) is 25.2 Å². The Labute approximate surface area is 110 Å². The van der Waals surface area contributed by atoms with E-state index in [4.69, 9.17) is 9.15 Å². The highest BCUT2D eigenvalue weighted by atomic mass is 19.1. The Morgan fingerprint density at radius 1 is 1.32 bits per heavy atom. The molecule has 1 aromatic heterocycles. The molecule has 0 amide bonds. The monoisotopic (exact) mass is 269 g/mol. The Balaban J connectivity index is 2.50. The molecule has 0 aliphatic rings. The van der Waals surface area contributed by atoms with Crippen molar-refractivity contribution in [3.05, 3.63) is 35.1 Å². The summed E-state index contributed by atoms with van der Waals surface area (Å²) in [6.07, 6.45) is 0. The minimum atomic E-state index is -0.692. The molecular formula is C14H17F2NO2. The van der Waals surface area contributed by atoms with Crippen LogP contribution in [0.3, 0.4) is 0 Å². The van der Waals surface area contributed by atoms with Gasteiger partial charge in [-0.05, 0) is 6.07 Å². The van der Waals surface area contributed by atoms with E-state index in [1.807, 2.05) is 13.8 Å². The summed E-state index contributed by atoms with van der Waals surface area (Å²) >= 11 is 0. The van der Waals surface area contributed by atoms with Gasteiger partial charge in [-0.2, -0.15) is 0 Å². The first-order valence-electron chi connectivity index (χ1n) is 6.14. The van der Waals surface area contributed by atoms with Crippen molar-refractivity contribution in [1.82, 2.24) is 5.32 Å². The third-order valence-corrected chi connectivity index (χ3v) is 2.85. The van der Waals surface area contributed by atoms with E-state index in [-0.39, 0.29) is 18.2 Å². The molecule has 0 atom stereocenters. The molecule has 0 aliphatic carbocycles. The summed E-state index contributed by atoms with van der Waals surface area (Å²) in [6, 6.07) is 2.36. The van der Waals surface area contributed by atoms with Crippen LogP contribution in [0, 0.1) is 11.6 Å². The van der Waals surface area contributed by atoms with E-state index in [0.717, 1.165) is 6.07 Å². The molecule has 2 rings (SSSR count). The molecule has 3 nitrogen and oxygen atoms in total. The van der Waals surface area contributed by atoms with Gasteiger partial charge < -0.3 is 14.5 Å². The zero-order valence-electron chi connectivity index (χ0n) is 11.2. The topological polar surface area (TPSA) is 34.4 Å². The van der Waals surface area contributed by atoms with Gasteiger partial charge in [0, 0.05) is 30.2 Å². The number of nitrogens with one attached hydrogen (secondary N) is 1. The summed E-state index contributed by atoms with van der Waals surface area (Å²) in [4.78, 5) is 0. The van der Waals surface area contributed by atoms with Crippen LogP contribution < -0.4 is 5.32 Å². The molecule has 0 radical (unpaired) electrons. The molecule has 0 unspecified atom stereocenters. The summed E-state index contributed by atoms with van der Waals surface area (Å²) in [6.45, 7) is 4.70. The predicted molar refractivity (Wildman–Crippen MR) is 68.8 cm³/mol. The zero-order valence-corrected chi connectivity index (χ0v) is 11.2. The summed E-state index contributed by atoms with van der Waals surface area (Å²) in [7, 11) is 1.54. The molecule has 1 aromatic carbocycles. The Morgan fingerprint density at radius 3 is 2.68 bits per heavy atom. The predicted octanol–water partition coefficient (Wildman–Crippen LogP) is 3.36. The maximum atomic E-state index is 13.7. The molecule has 0 aliphatic heterocycles. The van der Waals surface area contributed by atoms with Crippen LogP contribution in [-0.2, 0) is 17.9 Å². The minimum Gasteiger partial charge on any atom is -0.456 e. The van der Waals surface area contributed by atoms with Crippen molar-refractivity contribution in [3.63, 3.8) is 0 Å². The first-order chi connectivity index (χ1) is 9.02. The minimum absolute atomic E-state index is 0.0778. The molecule has 5 heteroatoms. The van der Waals surface area contributed by atoms with Gasteiger partial charge in [0.25, 0.3) is 0 Å². The lowest BCUT2D eigenvalue weighted by Gasteiger charge is -2.07. The zero-order chi connectivity index (χ0) is 14.0. The van der Waals surface area contributed by atoms with Crippen LogP contribution in [0.15, 0.2) is 16.5 Å². The normalized spacial score (nSPS) is 11.7. The van der Waals surface area contributed by atoms with Gasteiger partial charge in [0.05, 0.1) is 13.2 Å². The van der Waals surface area contributed by atoms with Crippen LogP contribution in [0.4, 0.5) is 8.78 Å². The third-order valence-electron chi connectivity index (χ3n) is 2.85. The van der Waals surface area contributed by atoms with Crippen LogP contribution in [-0.4, -0.2) is 13.2 Å². The first-order valence-corrected chi connectivity index (χ1v) is 6.14. The number of ether oxygens (including phenoxy) is 1. The molecule has 0 saturated carbocycles.